The van der Waals surface area contributed by atoms with Crippen molar-refractivity contribution in [1.82, 2.24) is 0 Å². The van der Waals surface area contributed by atoms with Crippen molar-refractivity contribution in [2.75, 3.05) is 0 Å². The summed E-state index contributed by atoms with van der Waals surface area (Å²) in [7, 11) is 0. The lowest BCUT2D eigenvalue weighted by atomic mass is 9.67. The molecule has 2 aliphatic rings. The quantitative estimate of drug-likeness (QED) is 0.503. The summed E-state index contributed by atoms with van der Waals surface area (Å²) in [6.45, 7) is 2.19. The zero-order valence-corrected chi connectivity index (χ0v) is 7.68. The van der Waals surface area contributed by atoms with Crippen molar-refractivity contribution < 1.29 is 4.79 Å². The van der Waals surface area contributed by atoms with E-state index in [4.69, 9.17) is 0 Å². The summed E-state index contributed by atoms with van der Waals surface area (Å²) < 4.78 is 0. The van der Waals surface area contributed by atoms with Gasteiger partial charge in [0.2, 0.25) is 0 Å². The minimum atomic E-state index is 0.0399. The Labute approximate surface area is 73.8 Å². The average Bonchev–Trinajstić information content (AvgIpc) is 2.41. The van der Waals surface area contributed by atoms with Crippen LogP contribution in [0.25, 0.3) is 0 Å². The van der Waals surface area contributed by atoms with Crippen molar-refractivity contribution in [2.24, 2.45) is 11.3 Å². The van der Waals surface area contributed by atoms with E-state index >= 15 is 0 Å². The molecule has 1 fully saturated rings. The Morgan fingerprint density at radius 3 is 2.92 bits per heavy atom. The van der Waals surface area contributed by atoms with E-state index in [9.17, 15) is 4.79 Å². The van der Waals surface area contributed by atoms with E-state index in [1.165, 1.54) is 6.42 Å². The number of Topliss-reactive ketones (excluding diaryl/α,β-unsaturated/α-hetero) is 1. The lowest BCUT2D eigenvalue weighted by Crippen LogP contribution is -2.36. The van der Waals surface area contributed by atoms with Gasteiger partial charge in [-0.2, -0.15) is 0 Å². The number of carbonyl (C=O) groups is 1. The Hall–Kier alpha value is -0.590. The lowest BCUT2D eigenvalue weighted by Gasteiger charge is -2.35. The fourth-order valence-corrected chi connectivity index (χ4v) is 2.66. The highest BCUT2D eigenvalue weighted by Crippen LogP contribution is 2.47. The number of hydrogen-bond acceptors (Lipinski definition) is 1. The van der Waals surface area contributed by atoms with Crippen molar-refractivity contribution in [3.05, 3.63) is 12.2 Å². The van der Waals surface area contributed by atoms with Crippen LogP contribution < -0.4 is 0 Å². The number of carbonyl (C=O) groups excluding carboxylic acids is 1. The second kappa shape index (κ2) is 2.72. The topological polar surface area (TPSA) is 17.1 Å². The number of hydrogen-bond donors (Lipinski definition) is 0. The summed E-state index contributed by atoms with van der Waals surface area (Å²) in [4.78, 5) is 11.8. The molecular weight excluding hydrogens is 148 g/mol. The minimum absolute atomic E-state index is 0.0399. The monoisotopic (exact) mass is 164 g/mol. The molecule has 2 atom stereocenters. The molecule has 0 aromatic heterocycles. The van der Waals surface area contributed by atoms with Gasteiger partial charge in [0, 0.05) is 11.8 Å². The molecule has 2 unspecified atom stereocenters. The molecule has 12 heavy (non-hydrogen) atoms. The predicted octanol–water partition coefficient (Wildman–Crippen LogP) is 2.71. The Bertz CT molecular complexity index is 229. The third kappa shape index (κ3) is 0.954. The molecular formula is C11H16O. The zero-order chi connectivity index (χ0) is 8.60. The summed E-state index contributed by atoms with van der Waals surface area (Å²) >= 11 is 0. The van der Waals surface area contributed by atoms with Gasteiger partial charge in [-0.05, 0) is 25.2 Å². The number of rotatable bonds is 0. The van der Waals surface area contributed by atoms with Crippen LogP contribution >= 0.6 is 0 Å². The highest BCUT2D eigenvalue weighted by molar-refractivity contribution is 5.86. The van der Waals surface area contributed by atoms with Gasteiger partial charge >= 0.3 is 0 Å². The van der Waals surface area contributed by atoms with Crippen molar-refractivity contribution in [1.29, 1.82) is 0 Å². The van der Waals surface area contributed by atoms with E-state index in [2.05, 4.69) is 19.1 Å². The van der Waals surface area contributed by atoms with Crippen LogP contribution in [0.2, 0.25) is 0 Å². The summed E-state index contributed by atoms with van der Waals surface area (Å²) in [6, 6.07) is 0. The van der Waals surface area contributed by atoms with Gasteiger partial charge in [-0.15, -0.1) is 0 Å². The molecule has 66 valence electrons. The largest absolute Gasteiger partial charge is 0.299 e. The van der Waals surface area contributed by atoms with Crippen LogP contribution in [0.5, 0.6) is 0 Å². The van der Waals surface area contributed by atoms with Crippen LogP contribution in [0.1, 0.15) is 39.0 Å². The third-order valence-corrected chi connectivity index (χ3v) is 3.61. The first kappa shape index (κ1) is 8.03. The van der Waals surface area contributed by atoms with E-state index in [0.29, 0.717) is 11.7 Å². The molecule has 0 aromatic rings. The average molecular weight is 164 g/mol. The van der Waals surface area contributed by atoms with Crippen LogP contribution in [0.4, 0.5) is 0 Å². The third-order valence-electron chi connectivity index (χ3n) is 3.61. The molecule has 0 aromatic carbocycles. The molecule has 2 rings (SSSR count). The molecule has 0 saturated heterocycles. The summed E-state index contributed by atoms with van der Waals surface area (Å²) in [6.07, 6.45) is 9.72. The fraction of sp³-hybridized carbons (Fsp3) is 0.727. The predicted molar refractivity (Wildman–Crippen MR) is 48.8 cm³/mol. The maximum absolute atomic E-state index is 11.8. The van der Waals surface area contributed by atoms with E-state index in [1.54, 1.807) is 0 Å². The van der Waals surface area contributed by atoms with E-state index in [1.807, 2.05) is 0 Å². The SMILES string of the molecule is CC1C=CCC12CCCCC2=O. The van der Waals surface area contributed by atoms with Crippen molar-refractivity contribution in [3.8, 4) is 0 Å². The molecule has 1 saturated carbocycles. The lowest BCUT2D eigenvalue weighted by molar-refractivity contribution is -0.132. The molecule has 1 nitrogen and oxygen atoms in total. The smallest absolute Gasteiger partial charge is 0.139 e. The fourth-order valence-electron chi connectivity index (χ4n) is 2.66. The van der Waals surface area contributed by atoms with E-state index < -0.39 is 0 Å². The molecule has 1 spiro atoms. The first-order valence-corrected chi connectivity index (χ1v) is 4.96. The Morgan fingerprint density at radius 2 is 2.33 bits per heavy atom. The summed E-state index contributed by atoms with van der Waals surface area (Å²) in [5.41, 5.74) is 0.0399. The highest BCUT2D eigenvalue weighted by Gasteiger charge is 2.44. The van der Waals surface area contributed by atoms with Gasteiger partial charge in [0.15, 0.2) is 0 Å². The molecule has 0 N–H and O–H groups in total. The van der Waals surface area contributed by atoms with Gasteiger partial charge in [0.25, 0.3) is 0 Å². The second-order valence-corrected chi connectivity index (χ2v) is 4.21. The standard InChI is InChI=1S/C11H16O/c1-9-5-4-8-11(9)7-3-2-6-10(11)12/h4-5,9H,2-3,6-8H2,1H3. The summed E-state index contributed by atoms with van der Waals surface area (Å²) in [5.74, 6) is 1.01. The van der Waals surface area contributed by atoms with Crippen molar-refractivity contribution >= 4 is 5.78 Å². The number of allylic oxidation sites excluding steroid dienone is 2. The Kier molecular flexibility index (Phi) is 1.82. The van der Waals surface area contributed by atoms with Crippen molar-refractivity contribution in [2.45, 2.75) is 39.0 Å². The Morgan fingerprint density at radius 1 is 1.50 bits per heavy atom. The zero-order valence-electron chi connectivity index (χ0n) is 7.68. The molecule has 2 aliphatic carbocycles. The maximum Gasteiger partial charge on any atom is 0.139 e. The van der Waals surface area contributed by atoms with Gasteiger partial charge in [-0.25, -0.2) is 0 Å². The van der Waals surface area contributed by atoms with Crippen LogP contribution in [0.3, 0.4) is 0 Å². The van der Waals surface area contributed by atoms with Crippen LogP contribution in [-0.4, -0.2) is 5.78 Å². The first-order valence-electron chi connectivity index (χ1n) is 4.96. The van der Waals surface area contributed by atoms with Crippen LogP contribution in [-0.2, 0) is 4.79 Å². The van der Waals surface area contributed by atoms with Gasteiger partial charge in [-0.3, -0.25) is 4.79 Å². The Balaban J connectivity index is 2.23. The maximum atomic E-state index is 11.8. The van der Waals surface area contributed by atoms with Crippen LogP contribution in [0, 0.1) is 11.3 Å². The first-order chi connectivity index (χ1) is 5.76. The summed E-state index contributed by atoms with van der Waals surface area (Å²) in [5, 5.41) is 0. The molecule has 0 bridgehead atoms. The normalized spacial score (nSPS) is 41.1. The van der Waals surface area contributed by atoms with E-state index in [0.717, 1.165) is 25.7 Å². The van der Waals surface area contributed by atoms with Crippen molar-refractivity contribution in [3.63, 3.8) is 0 Å². The number of ketones is 1. The van der Waals surface area contributed by atoms with Gasteiger partial charge < -0.3 is 0 Å². The molecule has 0 radical (unpaired) electrons. The van der Waals surface area contributed by atoms with Gasteiger partial charge in [-0.1, -0.05) is 25.5 Å². The second-order valence-electron chi connectivity index (χ2n) is 4.21. The molecule has 1 heteroatoms. The molecule has 0 amide bonds. The van der Waals surface area contributed by atoms with Gasteiger partial charge in [0.05, 0.1) is 0 Å². The molecule has 0 aliphatic heterocycles. The minimum Gasteiger partial charge on any atom is -0.299 e. The highest BCUT2D eigenvalue weighted by atomic mass is 16.1. The van der Waals surface area contributed by atoms with Gasteiger partial charge in [0.1, 0.15) is 5.78 Å². The molecule has 0 heterocycles. The van der Waals surface area contributed by atoms with Crippen LogP contribution in [0.15, 0.2) is 12.2 Å². The van der Waals surface area contributed by atoms with E-state index in [-0.39, 0.29) is 5.41 Å².